The molecule has 0 bridgehead atoms. The summed E-state index contributed by atoms with van der Waals surface area (Å²) in [4.78, 5) is 23.7. The first-order valence-electron chi connectivity index (χ1n) is 8.93. The summed E-state index contributed by atoms with van der Waals surface area (Å²) < 4.78 is 1.93. The molecule has 0 aliphatic rings. The number of rotatable bonds is 8. The van der Waals surface area contributed by atoms with E-state index in [1.54, 1.807) is 12.1 Å². The molecule has 6 nitrogen and oxygen atoms in total. The predicted octanol–water partition coefficient (Wildman–Crippen LogP) is 3.31. The molecule has 0 spiro atoms. The normalized spacial score (nSPS) is 11.4. The highest BCUT2D eigenvalue weighted by Crippen LogP contribution is 2.21. The van der Waals surface area contributed by atoms with Crippen LogP contribution in [0.5, 0.6) is 0 Å². The van der Waals surface area contributed by atoms with Gasteiger partial charge in [-0.3, -0.25) is 14.3 Å². The van der Waals surface area contributed by atoms with E-state index in [0.29, 0.717) is 24.9 Å². The van der Waals surface area contributed by atoms with E-state index in [-0.39, 0.29) is 12.3 Å². The first-order chi connectivity index (χ1) is 12.3. The first-order valence-corrected chi connectivity index (χ1v) is 8.93. The van der Waals surface area contributed by atoms with Crippen molar-refractivity contribution in [1.29, 1.82) is 0 Å². The van der Waals surface area contributed by atoms with Gasteiger partial charge >= 0.3 is 5.97 Å². The van der Waals surface area contributed by atoms with Gasteiger partial charge in [0.1, 0.15) is 0 Å². The third kappa shape index (κ3) is 4.71. The van der Waals surface area contributed by atoms with Gasteiger partial charge in [-0.2, -0.15) is 5.10 Å². The molecule has 140 valence electrons. The highest BCUT2D eigenvalue weighted by Gasteiger charge is 2.31. The minimum Gasteiger partial charge on any atom is -0.481 e. The van der Waals surface area contributed by atoms with E-state index in [1.165, 1.54) is 0 Å². The van der Waals surface area contributed by atoms with Gasteiger partial charge in [-0.05, 0) is 50.5 Å². The molecule has 1 heterocycles. The fourth-order valence-electron chi connectivity index (χ4n) is 3.09. The van der Waals surface area contributed by atoms with E-state index in [1.807, 2.05) is 50.6 Å². The number of nitrogens with one attached hydrogen (secondary N) is 1. The smallest absolute Gasteiger partial charge is 0.305 e. The maximum atomic E-state index is 12.6. The molecule has 1 amide bonds. The van der Waals surface area contributed by atoms with Crippen molar-refractivity contribution in [2.75, 3.05) is 0 Å². The molecule has 0 atom stereocenters. The number of hydrogen-bond donors (Lipinski definition) is 2. The molecule has 2 N–H and O–H groups in total. The lowest BCUT2D eigenvalue weighted by molar-refractivity contribution is -0.138. The highest BCUT2D eigenvalue weighted by molar-refractivity contribution is 5.95. The van der Waals surface area contributed by atoms with Crippen LogP contribution < -0.4 is 5.32 Å². The van der Waals surface area contributed by atoms with Crippen LogP contribution in [0.4, 0.5) is 0 Å². The third-order valence-corrected chi connectivity index (χ3v) is 4.87. The standard InChI is InChI=1S/C20H27N3O3/c1-5-20(6-2,12-18(24)25)21-19(26)17-9-7-16(8-10-17)13-23-15(4)11-14(3)22-23/h7-11H,5-6,12-13H2,1-4H3,(H,21,26)(H,24,25). The second-order valence-corrected chi connectivity index (χ2v) is 6.79. The first kappa shape index (κ1) is 19.7. The Labute approximate surface area is 154 Å². The Balaban J connectivity index is 2.10. The minimum absolute atomic E-state index is 0.0816. The molecule has 0 aliphatic heterocycles. The van der Waals surface area contributed by atoms with E-state index in [9.17, 15) is 9.59 Å². The number of aromatic nitrogens is 2. The van der Waals surface area contributed by atoms with E-state index in [0.717, 1.165) is 17.0 Å². The molecule has 2 rings (SSSR count). The summed E-state index contributed by atoms with van der Waals surface area (Å²) in [6.45, 7) is 8.41. The van der Waals surface area contributed by atoms with Gasteiger partial charge in [0, 0.05) is 11.3 Å². The fourth-order valence-corrected chi connectivity index (χ4v) is 3.09. The molecular formula is C20H27N3O3. The lowest BCUT2D eigenvalue weighted by Crippen LogP contribution is -2.49. The summed E-state index contributed by atoms with van der Waals surface area (Å²) >= 11 is 0. The zero-order chi connectivity index (χ0) is 19.3. The van der Waals surface area contributed by atoms with E-state index < -0.39 is 11.5 Å². The molecule has 0 saturated carbocycles. The number of carbonyl (C=O) groups excluding carboxylic acids is 1. The maximum absolute atomic E-state index is 12.6. The van der Waals surface area contributed by atoms with Crippen LogP contribution in [0, 0.1) is 13.8 Å². The zero-order valence-corrected chi connectivity index (χ0v) is 15.9. The Bertz CT molecular complexity index is 774. The molecule has 26 heavy (non-hydrogen) atoms. The highest BCUT2D eigenvalue weighted by atomic mass is 16.4. The molecule has 1 aromatic carbocycles. The van der Waals surface area contributed by atoms with Crippen molar-refractivity contribution in [1.82, 2.24) is 15.1 Å². The predicted molar refractivity (Wildman–Crippen MR) is 100 cm³/mol. The van der Waals surface area contributed by atoms with Gasteiger partial charge in [-0.1, -0.05) is 26.0 Å². The van der Waals surface area contributed by atoms with Crippen LogP contribution in [0.1, 0.15) is 60.4 Å². The van der Waals surface area contributed by atoms with Crippen molar-refractivity contribution in [3.8, 4) is 0 Å². The monoisotopic (exact) mass is 357 g/mol. The second-order valence-electron chi connectivity index (χ2n) is 6.79. The zero-order valence-electron chi connectivity index (χ0n) is 15.9. The second kappa shape index (κ2) is 8.17. The van der Waals surface area contributed by atoms with Crippen molar-refractivity contribution in [2.45, 2.75) is 59.0 Å². The van der Waals surface area contributed by atoms with Crippen LogP contribution in [0.2, 0.25) is 0 Å². The molecule has 0 aliphatic carbocycles. The molecule has 0 fully saturated rings. The average Bonchev–Trinajstić information content (AvgIpc) is 2.91. The summed E-state index contributed by atoms with van der Waals surface area (Å²) in [6, 6.07) is 9.38. The van der Waals surface area contributed by atoms with Crippen molar-refractivity contribution in [3.05, 3.63) is 52.8 Å². The lowest BCUT2D eigenvalue weighted by atomic mass is 9.88. The van der Waals surface area contributed by atoms with Gasteiger partial charge < -0.3 is 10.4 Å². The Morgan fingerprint density at radius 3 is 2.23 bits per heavy atom. The van der Waals surface area contributed by atoms with Crippen LogP contribution in [0.15, 0.2) is 30.3 Å². The quantitative estimate of drug-likeness (QED) is 0.759. The molecule has 2 aromatic rings. The van der Waals surface area contributed by atoms with Crippen molar-refractivity contribution in [2.24, 2.45) is 0 Å². The van der Waals surface area contributed by atoms with Gasteiger partial charge in [-0.25, -0.2) is 0 Å². The Kier molecular flexibility index (Phi) is 6.18. The van der Waals surface area contributed by atoms with Gasteiger partial charge in [0.2, 0.25) is 0 Å². The summed E-state index contributed by atoms with van der Waals surface area (Å²) in [6.07, 6.45) is 1.05. The molecule has 0 saturated heterocycles. The van der Waals surface area contributed by atoms with Gasteiger partial charge in [0.05, 0.1) is 24.2 Å². The van der Waals surface area contributed by atoms with Crippen LogP contribution >= 0.6 is 0 Å². The summed E-state index contributed by atoms with van der Waals surface area (Å²) in [5.41, 5.74) is 2.93. The summed E-state index contributed by atoms with van der Waals surface area (Å²) in [7, 11) is 0. The van der Waals surface area contributed by atoms with E-state index >= 15 is 0 Å². The number of carboxylic acids is 1. The number of benzene rings is 1. The molecule has 0 unspecified atom stereocenters. The minimum atomic E-state index is -0.908. The number of amides is 1. The molecular weight excluding hydrogens is 330 g/mol. The lowest BCUT2D eigenvalue weighted by Gasteiger charge is -2.31. The van der Waals surface area contributed by atoms with Crippen molar-refractivity contribution < 1.29 is 14.7 Å². The van der Waals surface area contributed by atoms with Crippen LogP contribution in [0.25, 0.3) is 0 Å². The van der Waals surface area contributed by atoms with Crippen LogP contribution in [-0.2, 0) is 11.3 Å². The van der Waals surface area contributed by atoms with E-state index in [4.69, 9.17) is 5.11 Å². The molecule has 1 aromatic heterocycles. The molecule has 6 heteroatoms. The van der Waals surface area contributed by atoms with E-state index in [2.05, 4.69) is 10.4 Å². The SMILES string of the molecule is CCC(CC)(CC(=O)O)NC(=O)c1ccc(Cn2nc(C)cc2C)cc1. The molecule has 0 radical (unpaired) electrons. The largest absolute Gasteiger partial charge is 0.481 e. The Morgan fingerprint density at radius 1 is 1.15 bits per heavy atom. The Hall–Kier alpha value is -2.63. The fraction of sp³-hybridized carbons (Fsp3) is 0.450. The van der Waals surface area contributed by atoms with Crippen LogP contribution in [0.3, 0.4) is 0 Å². The topological polar surface area (TPSA) is 84.2 Å². The van der Waals surface area contributed by atoms with Gasteiger partial charge in [-0.15, -0.1) is 0 Å². The number of aliphatic carboxylic acids is 1. The summed E-state index contributed by atoms with van der Waals surface area (Å²) in [5, 5.41) is 16.5. The maximum Gasteiger partial charge on any atom is 0.305 e. The van der Waals surface area contributed by atoms with Gasteiger partial charge in [0.15, 0.2) is 0 Å². The Morgan fingerprint density at radius 2 is 1.77 bits per heavy atom. The average molecular weight is 357 g/mol. The number of aryl methyl sites for hydroxylation is 2. The number of hydrogen-bond acceptors (Lipinski definition) is 3. The number of nitrogens with zero attached hydrogens (tertiary/aromatic N) is 2. The number of carbonyl (C=O) groups is 2. The van der Waals surface area contributed by atoms with Crippen molar-refractivity contribution in [3.63, 3.8) is 0 Å². The van der Waals surface area contributed by atoms with Gasteiger partial charge in [0.25, 0.3) is 5.91 Å². The number of carboxylic acid groups (broad SMARTS) is 1. The third-order valence-electron chi connectivity index (χ3n) is 4.87. The van der Waals surface area contributed by atoms with Crippen LogP contribution in [-0.4, -0.2) is 32.3 Å². The van der Waals surface area contributed by atoms with Crippen molar-refractivity contribution >= 4 is 11.9 Å². The summed E-state index contributed by atoms with van der Waals surface area (Å²) in [5.74, 6) is -1.15.